The van der Waals surface area contributed by atoms with E-state index in [2.05, 4.69) is 47.5 Å². The van der Waals surface area contributed by atoms with Crippen LogP contribution in [0.4, 0.5) is 11.4 Å². The van der Waals surface area contributed by atoms with Crippen molar-refractivity contribution < 1.29 is 4.79 Å². The highest BCUT2D eigenvalue weighted by Gasteiger charge is 2.19. The van der Waals surface area contributed by atoms with Gasteiger partial charge in [-0.25, -0.2) is 9.97 Å². The van der Waals surface area contributed by atoms with Gasteiger partial charge in [-0.05, 0) is 61.2 Å². The predicted molar refractivity (Wildman–Crippen MR) is 153 cm³/mol. The van der Waals surface area contributed by atoms with E-state index in [9.17, 15) is 4.79 Å². The fourth-order valence-corrected chi connectivity index (χ4v) is 5.24. The number of aromatic amines is 2. The summed E-state index contributed by atoms with van der Waals surface area (Å²) in [6.45, 7) is 2.09. The molecule has 1 aliphatic heterocycles. The molecule has 5 heterocycles. The Hall–Kier alpha value is -5.05. The van der Waals surface area contributed by atoms with E-state index >= 15 is 0 Å². The van der Waals surface area contributed by atoms with Crippen LogP contribution in [-0.2, 0) is 0 Å². The number of rotatable bonds is 5. The van der Waals surface area contributed by atoms with Crippen molar-refractivity contribution in [3.8, 4) is 22.6 Å². The van der Waals surface area contributed by atoms with Gasteiger partial charge in [-0.1, -0.05) is 24.3 Å². The highest BCUT2D eigenvalue weighted by Crippen LogP contribution is 2.33. The van der Waals surface area contributed by atoms with Gasteiger partial charge >= 0.3 is 0 Å². The summed E-state index contributed by atoms with van der Waals surface area (Å²) in [6.07, 6.45) is 8.93. The van der Waals surface area contributed by atoms with Gasteiger partial charge in [0.1, 0.15) is 11.2 Å². The molecule has 1 fully saturated rings. The quantitative estimate of drug-likeness (QED) is 0.268. The number of fused-ring (bicyclic) bond motifs is 2. The van der Waals surface area contributed by atoms with E-state index in [1.165, 1.54) is 19.3 Å². The van der Waals surface area contributed by atoms with E-state index in [4.69, 9.17) is 4.98 Å². The van der Waals surface area contributed by atoms with E-state index in [0.717, 1.165) is 52.0 Å². The lowest BCUT2D eigenvalue weighted by Gasteiger charge is -2.28. The lowest BCUT2D eigenvalue weighted by Crippen LogP contribution is -2.29. The van der Waals surface area contributed by atoms with Crippen LogP contribution in [0.3, 0.4) is 0 Å². The van der Waals surface area contributed by atoms with E-state index in [1.807, 2.05) is 42.6 Å². The second kappa shape index (κ2) is 9.68. The lowest BCUT2D eigenvalue weighted by atomic mass is 10.0. The third kappa shape index (κ3) is 4.37. The third-order valence-electron chi connectivity index (χ3n) is 7.22. The number of carbonyl (C=O) groups excluding carboxylic acids is 1. The molecule has 2 aromatic carbocycles. The van der Waals surface area contributed by atoms with Crippen LogP contribution in [0.25, 0.3) is 44.7 Å². The van der Waals surface area contributed by atoms with Crippen LogP contribution in [0.1, 0.15) is 29.6 Å². The maximum Gasteiger partial charge on any atom is 0.255 e. The number of pyridine rings is 2. The first-order valence-electron chi connectivity index (χ1n) is 13.1. The molecule has 9 heteroatoms. The zero-order valence-corrected chi connectivity index (χ0v) is 21.2. The molecule has 3 N–H and O–H groups in total. The maximum atomic E-state index is 12.6. The number of piperidine rings is 1. The monoisotopic (exact) mass is 514 g/mol. The van der Waals surface area contributed by atoms with Crippen LogP contribution >= 0.6 is 0 Å². The first-order valence-corrected chi connectivity index (χ1v) is 13.1. The van der Waals surface area contributed by atoms with Crippen molar-refractivity contribution >= 4 is 39.3 Å². The summed E-state index contributed by atoms with van der Waals surface area (Å²) >= 11 is 0. The number of anilines is 2. The lowest BCUT2D eigenvalue weighted by molar-refractivity contribution is 0.102. The minimum Gasteiger partial charge on any atom is -0.370 e. The molecule has 7 rings (SSSR count). The van der Waals surface area contributed by atoms with Crippen LogP contribution < -0.4 is 10.2 Å². The number of nitrogens with zero attached hydrogens (tertiary/aromatic N) is 5. The SMILES string of the molecule is O=C(Nc1cncc(-c2ccc3[nH]nc(-c4nc5nccc(N6CCCCC6)c5[nH]4)c3c2)c1)c1ccccc1. The van der Waals surface area contributed by atoms with Gasteiger partial charge in [-0.15, -0.1) is 0 Å². The summed E-state index contributed by atoms with van der Waals surface area (Å²) in [6, 6.07) is 19.2. The first kappa shape index (κ1) is 23.1. The molecular weight excluding hydrogens is 488 g/mol. The summed E-state index contributed by atoms with van der Waals surface area (Å²) in [5.41, 5.74) is 7.46. The predicted octanol–water partition coefficient (Wildman–Crippen LogP) is 5.81. The number of aromatic nitrogens is 6. The average Bonchev–Trinajstić information content (AvgIpc) is 3.62. The van der Waals surface area contributed by atoms with Crippen molar-refractivity contribution in [3.05, 3.63) is 84.8 Å². The second-order valence-electron chi connectivity index (χ2n) is 9.78. The summed E-state index contributed by atoms with van der Waals surface area (Å²) < 4.78 is 0. The fourth-order valence-electron chi connectivity index (χ4n) is 5.24. The molecule has 192 valence electrons. The highest BCUT2D eigenvalue weighted by atomic mass is 16.1. The Labute approximate surface area is 224 Å². The number of hydrogen-bond donors (Lipinski definition) is 3. The average molecular weight is 515 g/mol. The molecule has 0 radical (unpaired) electrons. The number of nitrogens with one attached hydrogen (secondary N) is 3. The number of H-pyrrole nitrogens is 2. The van der Waals surface area contributed by atoms with Gasteiger partial charge in [-0.3, -0.25) is 14.9 Å². The third-order valence-corrected chi connectivity index (χ3v) is 7.22. The first-order chi connectivity index (χ1) is 19.2. The fraction of sp³-hybridized carbons (Fsp3) is 0.167. The number of hydrogen-bond acceptors (Lipinski definition) is 6. The topological polar surface area (TPSA) is 115 Å². The summed E-state index contributed by atoms with van der Waals surface area (Å²) in [7, 11) is 0. The van der Waals surface area contributed by atoms with Crippen molar-refractivity contribution in [1.29, 1.82) is 0 Å². The van der Waals surface area contributed by atoms with Gasteiger partial charge in [-0.2, -0.15) is 5.10 Å². The molecule has 1 amide bonds. The van der Waals surface area contributed by atoms with Crippen molar-refractivity contribution in [2.75, 3.05) is 23.3 Å². The molecule has 4 aromatic heterocycles. The standard InChI is InChI=1S/C30H26N8O/c39-30(19-7-3-1-4-8-19)33-22-15-21(17-31-18-22)20-9-10-24-23(16-20)26(37-36-24)29-34-27-25(11-12-32-28(27)35-29)38-13-5-2-6-14-38/h1,3-4,7-12,15-18H,2,5-6,13-14H2,(H,33,39)(H,36,37)(H,32,34,35). The molecule has 0 spiro atoms. The highest BCUT2D eigenvalue weighted by molar-refractivity contribution is 6.04. The summed E-state index contributed by atoms with van der Waals surface area (Å²) in [4.78, 5) is 32.2. The van der Waals surface area contributed by atoms with Crippen LogP contribution in [0.15, 0.2) is 79.3 Å². The van der Waals surface area contributed by atoms with Gasteiger partial charge < -0.3 is 15.2 Å². The van der Waals surface area contributed by atoms with Gasteiger partial charge in [0.25, 0.3) is 5.91 Å². The van der Waals surface area contributed by atoms with E-state index in [0.29, 0.717) is 22.7 Å². The van der Waals surface area contributed by atoms with Gasteiger partial charge in [0.15, 0.2) is 11.5 Å². The van der Waals surface area contributed by atoms with Crippen LogP contribution in [0.5, 0.6) is 0 Å². The maximum absolute atomic E-state index is 12.6. The number of benzene rings is 2. The Bertz CT molecular complexity index is 1800. The zero-order chi connectivity index (χ0) is 26.2. The second-order valence-corrected chi connectivity index (χ2v) is 9.78. The minimum atomic E-state index is -0.176. The molecule has 0 unspecified atom stereocenters. The Morgan fingerprint density at radius 1 is 0.923 bits per heavy atom. The van der Waals surface area contributed by atoms with Gasteiger partial charge in [0.05, 0.1) is 23.1 Å². The van der Waals surface area contributed by atoms with Crippen molar-refractivity contribution in [3.63, 3.8) is 0 Å². The van der Waals surface area contributed by atoms with Crippen molar-refractivity contribution in [2.45, 2.75) is 19.3 Å². The van der Waals surface area contributed by atoms with Crippen molar-refractivity contribution in [2.24, 2.45) is 0 Å². The molecule has 1 saturated heterocycles. The largest absolute Gasteiger partial charge is 0.370 e. The van der Waals surface area contributed by atoms with E-state index in [1.54, 1.807) is 24.5 Å². The van der Waals surface area contributed by atoms with E-state index < -0.39 is 0 Å². The number of carbonyl (C=O) groups is 1. The van der Waals surface area contributed by atoms with Gasteiger partial charge in [0.2, 0.25) is 0 Å². The minimum absolute atomic E-state index is 0.176. The molecular formula is C30H26N8O. The molecule has 1 aliphatic rings. The molecule has 0 bridgehead atoms. The van der Waals surface area contributed by atoms with Crippen LogP contribution in [-0.4, -0.2) is 49.1 Å². The summed E-state index contributed by atoms with van der Waals surface area (Å²) in [5.74, 6) is 0.497. The zero-order valence-electron chi connectivity index (χ0n) is 21.2. The van der Waals surface area contributed by atoms with E-state index in [-0.39, 0.29) is 5.91 Å². The van der Waals surface area contributed by atoms with Crippen molar-refractivity contribution in [1.82, 2.24) is 30.1 Å². The van der Waals surface area contributed by atoms with Crippen LogP contribution in [0.2, 0.25) is 0 Å². The Kier molecular flexibility index (Phi) is 5.73. The summed E-state index contributed by atoms with van der Waals surface area (Å²) in [5, 5.41) is 11.6. The molecule has 9 nitrogen and oxygen atoms in total. The Balaban J connectivity index is 1.22. The molecule has 0 aliphatic carbocycles. The molecule has 0 atom stereocenters. The number of amides is 1. The normalized spacial score (nSPS) is 13.7. The van der Waals surface area contributed by atoms with Crippen LogP contribution in [0, 0.1) is 0 Å². The molecule has 39 heavy (non-hydrogen) atoms. The number of imidazole rings is 1. The molecule has 6 aromatic rings. The van der Waals surface area contributed by atoms with Gasteiger partial charge in [0, 0.05) is 42.0 Å². The molecule has 0 saturated carbocycles. The Morgan fingerprint density at radius 2 is 1.79 bits per heavy atom. The Morgan fingerprint density at radius 3 is 2.67 bits per heavy atom. The smallest absolute Gasteiger partial charge is 0.255 e.